The average Bonchev–Trinajstić information content (AvgIpc) is 2.47. The number of hydrogen-bond acceptors (Lipinski definition) is 2. The molecule has 2 N–H and O–H groups in total. The summed E-state index contributed by atoms with van der Waals surface area (Å²) in [6.07, 6.45) is 3.33. The summed E-state index contributed by atoms with van der Waals surface area (Å²) in [6.45, 7) is 3.65. The lowest BCUT2D eigenvalue weighted by Gasteiger charge is -2.29. The van der Waals surface area contributed by atoms with Gasteiger partial charge in [-0.25, -0.2) is 4.39 Å². The summed E-state index contributed by atoms with van der Waals surface area (Å²) in [5.41, 5.74) is 4.53. The van der Waals surface area contributed by atoms with E-state index in [9.17, 15) is 4.39 Å². The number of nitrogens with zero attached hydrogens (tertiary/aromatic N) is 1. The van der Waals surface area contributed by atoms with Crippen molar-refractivity contribution in [3.63, 3.8) is 0 Å². The van der Waals surface area contributed by atoms with E-state index in [1.165, 1.54) is 0 Å². The topological polar surface area (TPSA) is 29.3 Å². The molecule has 0 spiro atoms. The average molecular weight is 186 g/mol. The van der Waals surface area contributed by atoms with E-state index in [0.717, 1.165) is 38.9 Å². The molecule has 2 bridgehead atoms. The van der Waals surface area contributed by atoms with Crippen LogP contribution in [0.5, 0.6) is 0 Å². The second kappa shape index (κ2) is 3.54. The van der Waals surface area contributed by atoms with Gasteiger partial charge in [0.2, 0.25) is 0 Å². The van der Waals surface area contributed by atoms with Crippen molar-refractivity contribution in [2.24, 2.45) is 11.7 Å². The minimum absolute atomic E-state index is 0.263. The highest BCUT2D eigenvalue weighted by molar-refractivity contribution is 4.95. The van der Waals surface area contributed by atoms with Crippen LogP contribution in [0.4, 0.5) is 4.39 Å². The van der Waals surface area contributed by atoms with E-state index < -0.39 is 5.67 Å². The van der Waals surface area contributed by atoms with Crippen molar-refractivity contribution < 1.29 is 4.39 Å². The van der Waals surface area contributed by atoms with Gasteiger partial charge in [0.15, 0.2) is 0 Å². The SMILES string of the molecule is NCCC1(F)CCCN2CCC1C2. The minimum atomic E-state index is -0.944. The summed E-state index contributed by atoms with van der Waals surface area (Å²) in [5, 5.41) is 0. The van der Waals surface area contributed by atoms with E-state index in [1.54, 1.807) is 0 Å². The molecular formula is C10H19FN2. The molecule has 76 valence electrons. The summed E-state index contributed by atoms with van der Waals surface area (Å²) in [5.74, 6) is 0.263. The van der Waals surface area contributed by atoms with Crippen LogP contribution < -0.4 is 5.73 Å². The molecule has 3 heteroatoms. The first-order valence-electron chi connectivity index (χ1n) is 5.36. The van der Waals surface area contributed by atoms with Crippen molar-refractivity contribution >= 4 is 0 Å². The van der Waals surface area contributed by atoms with Crippen molar-refractivity contribution in [3.8, 4) is 0 Å². The van der Waals surface area contributed by atoms with E-state index in [0.29, 0.717) is 13.0 Å². The molecule has 0 saturated carbocycles. The highest BCUT2D eigenvalue weighted by Gasteiger charge is 2.43. The number of halogens is 1. The minimum Gasteiger partial charge on any atom is -0.330 e. The van der Waals surface area contributed by atoms with Gasteiger partial charge < -0.3 is 10.6 Å². The molecule has 2 saturated heterocycles. The Morgan fingerprint density at radius 2 is 2.31 bits per heavy atom. The molecule has 0 aromatic heterocycles. The monoisotopic (exact) mass is 186 g/mol. The summed E-state index contributed by atoms with van der Waals surface area (Å²) >= 11 is 0. The second-order valence-corrected chi connectivity index (χ2v) is 4.46. The van der Waals surface area contributed by atoms with E-state index in [-0.39, 0.29) is 5.92 Å². The zero-order valence-corrected chi connectivity index (χ0v) is 8.14. The molecule has 0 aliphatic carbocycles. The third kappa shape index (κ3) is 1.72. The van der Waals surface area contributed by atoms with Crippen LogP contribution in [-0.4, -0.2) is 36.7 Å². The molecule has 2 nitrogen and oxygen atoms in total. The zero-order valence-electron chi connectivity index (χ0n) is 8.14. The van der Waals surface area contributed by atoms with Gasteiger partial charge in [-0.05, 0) is 45.3 Å². The molecule has 13 heavy (non-hydrogen) atoms. The zero-order chi connectivity index (χ0) is 9.31. The maximum absolute atomic E-state index is 14.4. The Kier molecular flexibility index (Phi) is 2.56. The van der Waals surface area contributed by atoms with Crippen LogP contribution in [-0.2, 0) is 0 Å². The molecule has 3 unspecified atom stereocenters. The molecule has 2 fully saturated rings. The number of nitrogens with two attached hydrogens (primary N) is 1. The molecule has 0 radical (unpaired) electrons. The Balaban J connectivity index is 2.07. The molecule has 0 amide bonds. The van der Waals surface area contributed by atoms with Gasteiger partial charge >= 0.3 is 0 Å². The fraction of sp³-hybridized carbons (Fsp3) is 1.00. The van der Waals surface area contributed by atoms with Crippen molar-refractivity contribution in [2.45, 2.75) is 31.4 Å². The molecule has 2 rings (SSSR count). The third-order valence-electron chi connectivity index (χ3n) is 3.63. The second-order valence-electron chi connectivity index (χ2n) is 4.46. The quantitative estimate of drug-likeness (QED) is 0.701. The van der Waals surface area contributed by atoms with Gasteiger partial charge in [-0.1, -0.05) is 0 Å². The maximum Gasteiger partial charge on any atom is 0.116 e. The van der Waals surface area contributed by atoms with E-state index in [4.69, 9.17) is 5.73 Å². The first kappa shape index (κ1) is 9.41. The van der Waals surface area contributed by atoms with E-state index in [1.807, 2.05) is 0 Å². The predicted octanol–water partition coefficient (Wildman–Crippen LogP) is 1.16. The largest absolute Gasteiger partial charge is 0.330 e. The maximum atomic E-state index is 14.4. The normalized spacial score (nSPS) is 44.8. The highest BCUT2D eigenvalue weighted by atomic mass is 19.1. The lowest BCUT2D eigenvalue weighted by molar-refractivity contribution is 0.0754. The van der Waals surface area contributed by atoms with Gasteiger partial charge in [0, 0.05) is 12.5 Å². The van der Waals surface area contributed by atoms with Crippen LogP contribution in [0.15, 0.2) is 0 Å². The van der Waals surface area contributed by atoms with Gasteiger partial charge in [-0.2, -0.15) is 0 Å². The van der Waals surface area contributed by atoms with Crippen molar-refractivity contribution in [1.29, 1.82) is 0 Å². The van der Waals surface area contributed by atoms with Gasteiger partial charge in [0.1, 0.15) is 5.67 Å². The molecule has 0 aromatic carbocycles. The van der Waals surface area contributed by atoms with Gasteiger partial charge in [-0.3, -0.25) is 0 Å². The lowest BCUT2D eigenvalue weighted by Crippen LogP contribution is -2.35. The summed E-state index contributed by atoms with van der Waals surface area (Å²) in [4.78, 5) is 2.39. The van der Waals surface area contributed by atoms with E-state index >= 15 is 0 Å². The number of fused-ring (bicyclic) bond motifs is 2. The third-order valence-corrected chi connectivity index (χ3v) is 3.63. The predicted molar refractivity (Wildman–Crippen MR) is 51.3 cm³/mol. The summed E-state index contributed by atoms with van der Waals surface area (Å²) in [7, 11) is 0. The van der Waals surface area contributed by atoms with Crippen LogP contribution in [0.1, 0.15) is 25.7 Å². The standard InChI is InChI=1S/C10H19FN2/c11-10(4-5-12)3-1-6-13-7-2-9(10)8-13/h9H,1-8,12H2. The summed E-state index contributed by atoms with van der Waals surface area (Å²) < 4.78 is 14.4. The highest BCUT2D eigenvalue weighted by Crippen LogP contribution is 2.39. The fourth-order valence-corrected chi connectivity index (χ4v) is 2.83. The molecular weight excluding hydrogens is 167 g/mol. The Hall–Kier alpha value is -0.150. The van der Waals surface area contributed by atoms with Gasteiger partial charge in [0.25, 0.3) is 0 Å². The number of rotatable bonds is 2. The van der Waals surface area contributed by atoms with Gasteiger partial charge in [-0.15, -0.1) is 0 Å². The van der Waals surface area contributed by atoms with Crippen LogP contribution in [0.2, 0.25) is 0 Å². The van der Waals surface area contributed by atoms with E-state index in [2.05, 4.69) is 4.90 Å². The lowest BCUT2D eigenvalue weighted by atomic mass is 9.82. The molecule has 2 heterocycles. The Labute approximate surface area is 79.3 Å². The van der Waals surface area contributed by atoms with Crippen LogP contribution >= 0.6 is 0 Å². The van der Waals surface area contributed by atoms with Crippen LogP contribution in [0.3, 0.4) is 0 Å². The van der Waals surface area contributed by atoms with Crippen molar-refractivity contribution in [3.05, 3.63) is 0 Å². The van der Waals surface area contributed by atoms with Crippen LogP contribution in [0.25, 0.3) is 0 Å². The smallest absolute Gasteiger partial charge is 0.116 e. The van der Waals surface area contributed by atoms with Crippen molar-refractivity contribution in [2.75, 3.05) is 26.2 Å². The Morgan fingerprint density at radius 3 is 3.08 bits per heavy atom. The first-order chi connectivity index (χ1) is 6.24. The number of hydrogen-bond donors (Lipinski definition) is 1. The fourth-order valence-electron chi connectivity index (χ4n) is 2.83. The summed E-state index contributed by atoms with van der Waals surface area (Å²) in [6, 6.07) is 0. The van der Waals surface area contributed by atoms with Crippen LogP contribution in [0, 0.1) is 5.92 Å². The Morgan fingerprint density at radius 1 is 1.46 bits per heavy atom. The first-order valence-corrected chi connectivity index (χ1v) is 5.36. The molecule has 2 aliphatic rings. The molecule has 0 aromatic rings. The molecule has 2 aliphatic heterocycles. The molecule has 3 atom stereocenters. The van der Waals surface area contributed by atoms with Crippen molar-refractivity contribution in [1.82, 2.24) is 4.90 Å². The Bertz CT molecular complexity index is 186. The van der Waals surface area contributed by atoms with Gasteiger partial charge in [0.05, 0.1) is 0 Å². The number of alkyl halides is 1.